The molecule has 0 amide bonds. The van der Waals surface area contributed by atoms with Crippen LogP contribution in [0.4, 0.5) is 5.69 Å². The molecule has 0 fully saturated rings. The quantitative estimate of drug-likeness (QED) is 0.564. The molecule has 3 rings (SSSR count). The number of nitrogens with two attached hydrogens (primary N) is 1. The maximum Gasteiger partial charge on any atom is 0.196 e. The molecule has 0 aliphatic rings. The summed E-state index contributed by atoms with van der Waals surface area (Å²) in [6.45, 7) is 0. The number of aromatic hydroxyl groups is 1. The highest BCUT2D eigenvalue weighted by atomic mass is 16.5. The average Bonchev–Trinajstić information content (AvgIpc) is 2.57. The highest BCUT2D eigenvalue weighted by molar-refractivity contribution is 6.10. The highest BCUT2D eigenvalue weighted by Gasteiger charge is 2.14. The van der Waals surface area contributed by atoms with Crippen molar-refractivity contribution in [3.05, 3.63) is 83.9 Å². The first kappa shape index (κ1) is 14.7. The summed E-state index contributed by atoms with van der Waals surface area (Å²) in [5, 5.41) is 10.1. The molecule has 0 radical (unpaired) electrons. The summed E-state index contributed by atoms with van der Waals surface area (Å²) in [7, 11) is 0. The van der Waals surface area contributed by atoms with Gasteiger partial charge in [-0.1, -0.05) is 30.3 Å². The second kappa shape index (κ2) is 6.23. The third-order valence-electron chi connectivity index (χ3n) is 3.37. The molecule has 0 aromatic heterocycles. The number of anilines is 1. The topological polar surface area (TPSA) is 72.5 Å². The molecular formula is C19H15NO3. The van der Waals surface area contributed by atoms with Gasteiger partial charge in [-0.25, -0.2) is 0 Å². The van der Waals surface area contributed by atoms with Crippen molar-refractivity contribution >= 4 is 11.5 Å². The standard InChI is InChI=1S/C19H15NO3/c20-14-6-8-15(9-7-14)23-16-10-11-17(18(21)12-16)19(22)13-4-2-1-3-5-13/h1-12,21H,20H2. The maximum atomic E-state index is 12.4. The first-order valence-electron chi connectivity index (χ1n) is 7.09. The third kappa shape index (κ3) is 3.32. The van der Waals surface area contributed by atoms with E-state index in [9.17, 15) is 9.90 Å². The molecule has 0 spiro atoms. The van der Waals surface area contributed by atoms with Crippen molar-refractivity contribution in [2.75, 3.05) is 5.73 Å². The number of rotatable bonds is 4. The van der Waals surface area contributed by atoms with Crippen LogP contribution < -0.4 is 10.5 Å². The number of phenols is 1. The molecule has 0 unspecified atom stereocenters. The largest absolute Gasteiger partial charge is 0.507 e. The summed E-state index contributed by atoms with van der Waals surface area (Å²) in [4.78, 5) is 12.4. The number of hydrogen-bond donors (Lipinski definition) is 2. The lowest BCUT2D eigenvalue weighted by Gasteiger charge is -2.09. The number of phenolic OH excluding ortho intramolecular Hbond substituents is 1. The number of nitrogen functional groups attached to an aromatic ring is 1. The summed E-state index contributed by atoms with van der Waals surface area (Å²) in [5.41, 5.74) is 7.02. The predicted molar refractivity (Wildman–Crippen MR) is 88.9 cm³/mol. The van der Waals surface area contributed by atoms with Gasteiger partial charge in [-0.15, -0.1) is 0 Å². The number of carbonyl (C=O) groups excluding carboxylic acids is 1. The molecule has 0 atom stereocenters. The number of ketones is 1. The fourth-order valence-corrected chi connectivity index (χ4v) is 2.18. The Morgan fingerprint density at radius 1 is 0.870 bits per heavy atom. The third-order valence-corrected chi connectivity index (χ3v) is 3.37. The lowest BCUT2D eigenvalue weighted by atomic mass is 10.0. The van der Waals surface area contributed by atoms with Crippen LogP contribution >= 0.6 is 0 Å². The van der Waals surface area contributed by atoms with Gasteiger partial charge >= 0.3 is 0 Å². The molecule has 0 aliphatic carbocycles. The monoisotopic (exact) mass is 305 g/mol. The van der Waals surface area contributed by atoms with Gasteiger partial charge < -0.3 is 15.6 Å². The van der Waals surface area contributed by atoms with Crippen LogP contribution in [0.2, 0.25) is 0 Å². The molecule has 4 nitrogen and oxygen atoms in total. The van der Waals surface area contributed by atoms with E-state index in [1.807, 2.05) is 6.07 Å². The van der Waals surface area contributed by atoms with Crippen LogP contribution in [0.1, 0.15) is 15.9 Å². The minimum Gasteiger partial charge on any atom is -0.507 e. The van der Waals surface area contributed by atoms with Gasteiger partial charge in [0.05, 0.1) is 5.56 Å². The van der Waals surface area contributed by atoms with Gasteiger partial charge in [0.2, 0.25) is 0 Å². The van der Waals surface area contributed by atoms with Crippen molar-refractivity contribution in [2.24, 2.45) is 0 Å². The van der Waals surface area contributed by atoms with Gasteiger partial charge in [0.15, 0.2) is 5.78 Å². The smallest absolute Gasteiger partial charge is 0.196 e. The molecule has 4 heteroatoms. The van der Waals surface area contributed by atoms with Crippen molar-refractivity contribution in [3.8, 4) is 17.2 Å². The molecule has 3 N–H and O–H groups in total. The van der Waals surface area contributed by atoms with Crippen LogP contribution in [0.3, 0.4) is 0 Å². The normalized spacial score (nSPS) is 10.3. The minimum absolute atomic E-state index is 0.119. The van der Waals surface area contributed by atoms with Crippen LogP contribution in [-0.2, 0) is 0 Å². The Balaban J connectivity index is 1.83. The van der Waals surface area contributed by atoms with E-state index in [1.54, 1.807) is 60.7 Å². The Kier molecular flexibility index (Phi) is 3.97. The van der Waals surface area contributed by atoms with Crippen molar-refractivity contribution in [3.63, 3.8) is 0 Å². The van der Waals surface area contributed by atoms with Gasteiger partial charge in [-0.05, 0) is 36.4 Å². The minimum atomic E-state index is -0.234. The van der Waals surface area contributed by atoms with Crippen LogP contribution in [-0.4, -0.2) is 10.9 Å². The molecule has 23 heavy (non-hydrogen) atoms. The summed E-state index contributed by atoms with van der Waals surface area (Å²) >= 11 is 0. The molecular weight excluding hydrogens is 290 g/mol. The lowest BCUT2D eigenvalue weighted by Crippen LogP contribution is -2.01. The number of ether oxygens (including phenoxy) is 1. The van der Waals surface area contributed by atoms with Gasteiger partial charge in [0.1, 0.15) is 17.2 Å². The molecule has 114 valence electrons. The predicted octanol–water partition coefficient (Wildman–Crippen LogP) is 4.00. The number of carbonyl (C=O) groups is 1. The Morgan fingerprint density at radius 2 is 1.52 bits per heavy atom. The van der Waals surface area contributed by atoms with E-state index in [4.69, 9.17) is 10.5 Å². The van der Waals surface area contributed by atoms with E-state index in [-0.39, 0.29) is 17.1 Å². The first-order valence-corrected chi connectivity index (χ1v) is 7.09. The zero-order chi connectivity index (χ0) is 16.2. The Hall–Kier alpha value is -3.27. The van der Waals surface area contributed by atoms with Gasteiger partial charge in [-0.2, -0.15) is 0 Å². The molecule has 0 bridgehead atoms. The van der Waals surface area contributed by atoms with E-state index < -0.39 is 0 Å². The fraction of sp³-hybridized carbons (Fsp3) is 0. The number of benzene rings is 3. The van der Waals surface area contributed by atoms with Crippen molar-refractivity contribution in [1.29, 1.82) is 0 Å². The zero-order valence-electron chi connectivity index (χ0n) is 12.3. The van der Waals surface area contributed by atoms with Crippen LogP contribution in [0.25, 0.3) is 0 Å². The SMILES string of the molecule is Nc1ccc(Oc2ccc(C(=O)c3ccccc3)c(O)c2)cc1. The molecule has 0 aliphatic heterocycles. The van der Waals surface area contributed by atoms with Crippen molar-refractivity contribution in [1.82, 2.24) is 0 Å². The summed E-state index contributed by atoms with van der Waals surface area (Å²) < 4.78 is 5.63. The van der Waals surface area contributed by atoms with Gasteiger partial charge in [-0.3, -0.25) is 4.79 Å². The highest BCUT2D eigenvalue weighted by Crippen LogP contribution is 2.29. The summed E-state index contributed by atoms with van der Waals surface area (Å²) in [6, 6.07) is 20.3. The number of hydrogen-bond acceptors (Lipinski definition) is 4. The van der Waals surface area contributed by atoms with Crippen molar-refractivity contribution < 1.29 is 14.6 Å². The molecule has 3 aromatic carbocycles. The summed E-state index contributed by atoms with van der Waals surface area (Å²) in [5.74, 6) is 0.687. The van der Waals surface area contributed by atoms with Crippen LogP contribution in [0.15, 0.2) is 72.8 Å². The fourth-order valence-electron chi connectivity index (χ4n) is 2.18. The van der Waals surface area contributed by atoms with E-state index in [0.717, 1.165) is 0 Å². The van der Waals surface area contributed by atoms with Crippen molar-refractivity contribution in [2.45, 2.75) is 0 Å². The lowest BCUT2D eigenvalue weighted by molar-refractivity contribution is 0.103. The van der Waals surface area contributed by atoms with Crippen LogP contribution in [0, 0.1) is 0 Å². The first-order chi connectivity index (χ1) is 11.1. The second-order valence-corrected chi connectivity index (χ2v) is 5.05. The van der Waals surface area contributed by atoms with E-state index in [0.29, 0.717) is 22.7 Å². The maximum absolute atomic E-state index is 12.4. The Morgan fingerprint density at radius 3 is 2.17 bits per heavy atom. The van der Waals surface area contributed by atoms with Crippen LogP contribution in [0.5, 0.6) is 17.2 Å². The molecule has 0 saturated carbocycles. The molecule has 0 saturated heterocycles. The van der Waals surface area contributed by atoms with E-state index >= 15 is 0 Å². The zero-order valence-corrected chi connectivity index (χ0v) is 12.3. The molecule has 3 aromatic rings. The van der Waals surface area contributed by atoms with E-state index in [1.165, 1.54) is 6.07 Å². The van der Waals surface area contributed by atoms with E-state index in [2.05, 4.69) is 0 Å². The second-order valence-electron chi connectivity index (χ2n) is 5.05. The Bertz CT molecular complexity index is 827. The average molecular weight is 305 g/mol. The van der Waals surface area contributed by atoms with Gasteiger partial charge in [0.25, 0.3) is 0 Å². The Labute approximate surface area is 133 Å². The molecule has 0 heterocycles. The summed E-state index contributed by atoms with van der Waals surface area (Å²) in [6.07, 6.45) is 0. The van der Waals surface area contributed by atoms with Gasteiger partial charge in [0, 0.05) is 17.3 Å².